The first kappa shape index (κ1) is 14.8. The summed E-state index contributed by atoms with van der Waals surface area (Å²) >= 11 is 0. The zero-order valence-electron chi connectivity index (χ0n) is 10.8. The van der Waals surface area contributed by atoms with Crippen LogP contribution in [0.3, 0.4) is 0 Å². The summed E-state index contributed by atoms with van der Waals surface area (Å²) in [6.07, 6.45) is 3.56. The summed E-state index contributed by atoms with van der Waals surface area (Å²) in [4.78, 5) is 24.1. The zero-order valence-corrected chi connectivity index (χ0v) is 10.8. The first-order valence-electron chi connectivity index (χ1n) is 6.51. The third-order valence-corrected chi connectivity index (χ3v) is 3.24. The lowest BCUT2D eigenvalue weighted by Crippen LogP contribution is -2.50. The van der Waals surface area contributed by atoms with Gasteiger partial charge in [-0.1, -0.05) is 13.3 Å². The lowest BCUT2D eigenvalue weighted by molar-refractivity contribution is -0.146. The number of carboxylic acid groups (broad SMARTS) is 1. The number of aliphatic hydroxyl groups is 1. The molecule has 0 aromatic heterocycles. The fourth-order valence-electron chi connectivity index (χ4n) is 2.27. The molecule has 1 aliphatic heterocycles. The van der Waals surface area contributed by atoms with E-state index < -0.39 is 12.1 Å². The van der Waals surface area contributed by atoms with Crippen molar-refractivity contribution in [3.05, 3.63) is 0 Å². The highest BCUT2D eigenvalue weighted by Gasteiger charge is 2.26. The Morgan fingerprint density at radius 3 is 2.78 bits per heavy atom. The quantitative estimate of drug-likeness (QED) is 0.680. The van der Waals surface area contributed by atoms with Crippen LogP contribution in [0.5, 0.6) is 0 Å². The minimum Gasteiger partial charge on any atom is -0.479 e. The molecule has 2 atom stereocenters. The highest BCUT2D eigenvalue weighted by molar-refractivity contribution is 5.77. The molecule has 1 saturated heterocycles. The van der Waals surface area contributed by atoms with Gasteiger partial charge in [0.15, 0.2) is 6.10 Å². The SMILES string of the molecule is CCCC1CCCCN1C(=O)NC[C@H](O)C(=O)O. The molecular weight excluding hydrogens is 236 g/mol. The second kappa shape index (κ2) is 7.20. The van der Waals surface area contributed by atoms with E-state index in [2.05, 4.69) is 12.2 Å². The number of rotatable bonds is 5. The summed E-state index contributed by atoms with van der Waals surface area (Å²) in [6, 6.07) is -0.0285. The number of aliphatic carboxylic acids is 1. The van der Waals surface area contributed by atoms with E-state index in [4.69, 9.17) is 10.2 Å². The van der Waals surface area contributed by atoms with Crippen molar-refractivity contribution in [2.24, 2.45) is 0 Å². The molecule has 1 heterocycles. The van der Waals surface area contributed by atoms with Crippen LogP contribution in [0.2, 0.25) is 0 Å². The Morgan fingerprint density at radius 2 is 2.17 bits per heavy atom. The van der Waals surface area contributed by atoms with Gasteiger partial charge in [0.05, 0.1) is 6.54 Å². The van der Waals surface area contributed by atoms with Crippen LogP contribution in [-0.2, 0) is 4.79 Å². The van der Waals surface area contributed by atoms with Gasteiger partial charge in [-0.05, 0) is 25.7 Å². The topological polar surface area (TPSA) is 89.9 Å². The fraction of sp³-hybridized carbons (Fsp3) is 0.833. The van der Waals surface area contributed by atoms with Gasteiger partial charge in [-0.2, -0.15) is 0 Å². The molecule has 1 rings (SSSR count). The lowest BCUT2D eigenvalue weighted by Gasteiger charge is -2.35. The van der Waals surface area contributed by atoms with E-state index in [1.54, 1.807) is 4.90 Å². The van der Waals surface area contributed by atoms with Crippen molar-refractivity contribution in [2.75, 3.05) is 13.1 Å². The number of hydrogen-bond acceptors (Lipinski definition) is 3. The third-order valence-electron chi connectivity index (χ3n) is 3.24. The molecule has 3 N–H and O–H groups in total. The van der Waals surface area contributed by atoms with Gasteiger partial charge in [-0.25, -0.2) is 9.59 Å². The van der Waals surface area contributed by atoms with Crippen LogP contribution < -0.4 is 5.32 Å². The summed E-state index contributed by atoms with van der Waals surface area (Å²) in [5, 5.41) is 20.1. The standard InChI is InChI=1S/C12H22N2O4/c1-2-5-9-6-3-4-7-14(9)12(18)13-8-10(15)11(16)17/h9-10,15H,2-8H2,1H3,(H,13,18)(H,16,17)/t9?,10-/m0/s1. The van der Waals surface area contributed by atoms with Crippen molar-refractivity contribution in [1.82, 2.24) is 10.2 Å². The lowest BCUT2D eigenvalue weighted by atomic mass is 9.99. The number of urea groups is 1. The number of hydrogen-bond donors (Lipinski definition) is 3. The smallest absolute Gasteiger partial charge is 0.334 e. The number of piperidine rings is 1. The Kier molecular flexibility index (Phi) is 5.91. The van der Waals surface area contributed by atoms with Crippen molar-refractivity contribution in [3.8, 4) is 0 Å². The molecule has 0 saturated carbocycles. The van der Waals surface area contributed by atoms with Crippen LogP contribution in [0.25, 0.3) is 0 Å². The number of amides is 2. The predicted octanol–water partition coefficient (Wildman–Crippen LogP) is 0.796. The van der Waals surface area contributed by atoms with Gasteiger partial charge in [-0.15, -0.1) is 0 Å². The Balaban J connectivity index is 2.45. The molecule has 0 aliphatic carbocycles. The average Bonchev–Trinajstić information content (AvgIpc) is 2.36. The molecule has 104 valence electrons. The maximum absolute atomic E-state index is 11.9. The second-order valence-corrected chi connectivity index (χ2v) is 4.67. The van der Waals surface area contributed by atoms with Crippen LogP contribution in [0.15, 0.2) is 0 Å². The van der Waals surface area contributed by atoms with E-state index >= 15 is 0 Å². The molecule has 1 unspecified atom stereocenters. The van der Waals surface area contributed by atoms with E-state index in [-0.39, 0.29) is 18.6 Å². The summed E-state index contributed by atoms with van der Waals surface area (Å²) in [7, 11) is 0. The number of carboxylic acids is 1. The molecule has 0 bridgehead atoms. The zero-order chi connectivity index (χ0) is 13.5. The van der Waals surface area contributed by atoms with Crippen LogP contribution in [0.1, 0.15) is 39.0 Å². The van der Waals surface area contributed by atoms with E-state index in [9.17, 15) is 9.59 Å². The van der Waals surface area contributed by atoms with Crippen LogP contribution in [0, 0.1) is 0 Å². The first-order chi connectivity index (χ1) is 8.56. The molecular formula is C12H22N2O4. The van der Waals surface area contributed by atoms with Crippen molar-refractivity contribution in [2.45, 2.75) is 51.2 Å². The van der Waals surface area contributed by atoms with Crippen molar-refractivity contribution in [1.29, 1.82) is 0 Å². The molecule has 0 aromatic rings. The molecule has 0 radical (unpaired) electrons. The Morgan fingerprint density at radius 1 is 1.44 bits per heavy atom. The second-order valence-electron chi connectivity index (χ2n) is 4.67. The van der Waals surface area contributed by atoms with Crippen molar-refractivity contribution < 1.29 is 19.8 Å². The van der Waals surface area contributed by atoms with E-state index in [1.807, 2.05) is 0 Å². The number of nitrogens with one attached hydrogen (secondary N) is 1. The number of likely N-dealkylation sites (tertiary alicyclic amines) is 1. The molecule has 0 spiro atoms. The van der Waals surface area contributed by atoms with Gasteiger partial charge < -0.3 is 20.4 Å². The molecule has 2 amide bonds. The van der Waals surface area contributed by atoms with E-state index in [0.29, 0.717) is 6.54 Å². The van der Waals surface area contributed by atoms with Crippen LogP contribution >= 0.6 is 0 Å². The molecule has 18 heavy (non-hydrogen) atoms. The van der Waals surface area contributed by atoms with Gasteiger partial charge in [-0.3, -0.25) is 0 Å². The number of carbonyl (C=O) groups excluding carboxylic acids is 1. The normalized spacial score (nSPS) is 21.4. The fourth-order valence-corrected chi connectivity index (χ4v) is 2.27. The van der Waals surface area contributed by atoms with Crippen LogP contribution in [-0.4, -0.2) is 52.3 Å². The Bertz CT molecular complexity index is 294. The largest absolute Gasteiger partial charge is 0.479 e. The van der Waals surface area contributed by atoms with Crippen molar-refractivity contribution >= 4 is 12.0 Å². The summed E-state index contributed by atoms with van der Waals surface area (Å²) < 4.78 is 0. The van der Waals surface area contributed by atoms with Gasteiger partial charge in [0.2, 0.25) is 0 Å². The van der Waals surface area contributed by atoms with Gasteiger partial charge in [0.25, 0.3) is 0 Å². The summed E-state index contributed by atoms with van der Waals surface area (Å²) in [5.41, 5.74) is 0. The first-order valence-corrected chi connectivity index (χ1v) is 6.51. The van der Waals surface area contributed by atoms with Gasteiger partial charge in [0.1, 0.15) is 0 Å². The van der Waals surface area contributed by atoms with E-state index in [1.165, 1.54) is 0 Å². The maximum Gasteiger partial charge on any atom is 0.334 e. The average molecular weight is 258 g/mol. The monoisotopic (exact) mass is 258 g/mol. The molecule has 1 aliphatic rings. The van der Waals surface area contributed by atoms with Gasteiger partial charge >= 0.3 is 12.0 Å². The maximum atomic E-state index is 11.9. The number of nitrogens with zero attached hydrogens (tertiary/aromatic N) is 1. The van der Waals surface area contributed by atoms with Crippen LogP contribution in [0.4, 0.5) is 4.79 Å². The highest BCUT2D eigenvalue weighted by Crippen LogP contribution is 2.20. The Labute approximate surface area is 107 Å². The minimum absolute atomic E-state index is 0.241. The van der Waals surface area contributed by atoms with E-state index in [0.717, 1.165) is 32.1 Å². The number of carbonyl (C=O) groups is 2. The predicted molar refractivity (Wildman–Crippen MR) is 66.3 cm³/mol. The molecule has 0 aromatic carbocycles. The Hall–Kier alpha value is -1.30. The highest BCUT2D eigenvalue weighted by atomic mass is 16.4. The van der Waals surface area contributed by atoms with Gasteiger partial charge in [0, 0.05) is 12.6 Å². The molecule has 6 nitrogen and oxygen atoms in total. The van der Waals surface area contributed by atoms with Crippen molar-refractivity contribution in [3.63, 3.8) is 0 Å². The number of aliphatic hydroxyl groups excluding tert-OH is 1. The molecule has 1 fully saturated rings. The summed E-state index contributed by atoms with van der Waals surface area (Å²) in [6.45, 7) is 2.54. The summed E-state index contributed by atoms with van der Waals surface area (Å²) in [5.74, 6) is -1.32. The third kappa shape index (κ3) is 4.18. The minimum atomic E-state index is -1.54. The molecule has 6 heteroatoms.